The van der Waals surface area contributed by atoms with Crippen molar-refractivity contribution in [3.05, 3.63) is 17.8 Å². The summed E-state index contributed by atoms with van der Waals surface area (Å²) in [4.78, 5) is 23.1. The second kappa shape index (κ2) is 5.81. The topological polar surface area (TPSA) is 86.5 Å². The number of thiophene rings is 1. The molecule has 1 aliphatic heterocycles. The summed E-state index contributed by atoms with van der Waals surface area (Å²) in [6.45, 7) is 2.81. The summed E-state index contributed by atoms with van der Waals surface area (Å²) in [5, 5.41) is 23.0. The summed E-state index contributed by atoms with van der Waals surface area (Å²) in [5.41, 5.74) is -1.04. The highest BCUT2D eigenvalue weighted by Crippen LogP contribution is 2.39. The van der Waals surface area contributed by atoms with Crippen LogP contribution in [-0.4, -0.2) is 45.3 Å². The zero-order chi connectivity index (χ0) is 15.7. The summed E-state index contributed by atoms with van der Waals surface area (Å²) in [5.74, 6) is -0.120. The molecule has 7 heteroatoms. The molecule has 2 atom stereocenters. The zero-order valence-corrected chi connectivity index (χ0v) is 13.2. The Labute approximate surface area is 132 Å². The Morgan fingerprint density at radius 1 is 1.55 bits per heavy atom. The minimum absolute atomic E-state index is 0.286. The molecule has 0 aliphatic carbocycles. The van der Waals surface area contributed by atoms with E-state index in [1.807, 2.05) is 23.3 Å². The van der Waals surface area contributed by atoms with Crippen LogP contribution in [0.25, 0.3) is 10.2 Å². The van der Waals surface area contributed by atoms with Crippen LogP contribution in [0.5, 0.6) is 0 Å². The van der Waals surface area contributed by atoms with Crippen molar-refractivity contribution in [3.8, 4) is 0 Å². The molecule has 1 saturated heterocycles. The van der Waals surface area contributed by atoms with Gasteiger partial charge >= 0.3 is 5.97 Å². The van der Waals surface area contributed by atoms with Crippen LogP contribution in [0.4, 0.5) is 5.82 Å². The predicted octanol–water partition coefficient (Wildman–Crippen LogP) is 2.13. The SMILES string of the molecule is CCC[C@]1(C(=O)O)CCN(c2ncnc3sccc23)C[C@H]1O. The smallest absolute Gasteiger partial charge is 0.312 e. The molecule has 22 heavy (non-hydrogen) atoms. The average molecular weight is 321 g/mol. The van der Waals surface area contributed by atoms with Gasteiger partial charge in [0.25, 0.3) is 0 Å². The summed E-state index contributed by atoms with van der Waals surface area (Å²) >= 11 is 1.54. The third-order valence-corrected chi connectivity index (χ3v) is 5.34. The van der Waals surface area contributed by atoms with Crippen molar-refractivity contribution in [2.75, 3.05) is 18.0 Å². The molecular formula is C15H19N3O3S. The number of hydrogen-bond donors (Lipinski definition) is 2. The third kappa shape index (κ3) is 2.34. The summed E-state index contributed by atoms with van der Waals surface area (Å²) in [7, 11) is 0. The van der Waals surface area contributed by atoms with Crippen molar-refractivity contribution in [2.24, 2.45) is 5.41 Å². The van der Waals surface area contributed by atoms with Crippen molar-refractivity contribution in [3.63, 3.8) is 0 Å². The Balaban J connectivity index is 1.89. The van der Waals surface area contributed by atoms with Gasteiger partial charge in [0.15, 0.2) is 0 Å². The number of carboxylic acids is 1. The number of β-amino-alcohol motifs (C(OH)–C–C–N with tert-alkyl or cyclic N) is 1. The molecule has 1 fully saturated rings. The number of carbonyl (C=O) groups is 1. The molecule has 0 aromatic carbocycles. The first-order valence-electron chi connectivity index (χ1n) is 7.43. The molecule has 118 valence electrons. The number of carboxylic acid groups (broad SMARTS) is 1. The molecule has 1 aliphatic rings. The molecule has 0 amide bonds. The van der Waals surface area contributed by atoms with E-state index >= 15 is 0 Å². The molecule has 0 bridgehead atoms. The van der Waals surface area contributed by atoms with Gasteiger partial charge in [-0.05, 0) is 24.3 Å². The van der Waals surface area contributed by atoms with Gasteiger partial charge < -0.3 is 15.1 Å². The minimum atomic E-state index is -1.04. The molecule has 0 saturated carbocycles. The second-order valence-electron chi connectivity index (χ2n) is 5.76. The summed E-state index contributed by atoms with van der Waals surface area (Å²) < 4.78 is 0. The van der Waals surface area contributed by atoms with Crippen molar-refractivity contribution in [2.45, 2.75) is 32.3 Å². The summed E-state index contributed by atoms with van der Waals surface area (Å²) in [6, 6.07) is 1.97. The van der Waals surface area contributed by atoms with Gasteiger partial charge in [-0.3, -0.25) is 4.79 Å². The van der Waals surface area contributed by atoms with E-state index in [4.69, 9.17) is 0 Å². The molecule has 2 aromatic rings. The van der Waals surface area contributed by atoms with E-state index in [0.717, 1.165) is 22.5 Å². The van der Waals surface area contributed by atoms with Crippen LogP contribution in [0.2, 0.25) is 0 Å². The maximum atomic E-state index is 11.7. The molecule has 3 heterocycles. The highest BCUT2D eigenvalue weighted by molar-refractivity contribution is 7.16. The number of aromatic nitrogens is 2. The lowest BCUT2D eigenvalue weighted by atomic mass is 9.73. The Morgan fingerprint density at radius 3 is 3.05 bits per heavy atom. The summed E-state index contributed by atoms with van der Waals surface area (Å²) in [6.07, 6.45) is 2.28. The average Bonchev–Trinajstić information content (AvgIpc) is 2.97. The largest absolute Gasteiger partial charge is 0.481 e. The van der Waals surface area contributed by atoms with Crippen molar-refractivity contribution in [1.82, 2.24) is 9.97 Å². The van der Waals surface area contributed by atoms with Crippen molar-refractivity contribution >= 4 is 33.3 Å². The number of rotatable bonds is 4. The molecule has 2 aromatic heterocycles. The normalized spacial score (nSPS) is 25.5. The van der Waals surface area contributed by atoms with Crippen LogP contribution in [0.1, 0.15) is 26.2 Å². The van der Waals surface area contributed by atoms with E-state index in [1.54, 1.807) is 11.3 Å². The van der Waals surface area contributed by atoms with Gasteiger partial charge in [-0.2, -0.15) is 0 Å². The fourth-order valence-corrected chi connectivity index (χ4v) is 4.02. The quantitative estimate of drug-likeness (QED) is 0.897. The van der Waals surface area contributed by atoms with E-state index in [1.165, 1.54) is 6.33 Å². The fraction of sp³-hybridized carbons (Fsp3) is 0.533. The van der Waals surface area contributed by atoms with Gasteiger partial charge in [0.05, 0.1) is 16.9 Å². The molecular weight excluding hydrogens is 302 g/mol. The lowest BCUT2D eigenvalue weighted by molar-refractivity contribution is -0.159. The predicted molar refractivity (Wildman–Crippen MR) is 85.2 cm³/mol. The zero-order valence-electron chi connectivity index (χ0n) is 12.4. The van der Waals surface area contributed by atoms with Crippen LogP contribution >= 0.6 is 11.3 Å². The van der Waals surface area contributed by atoms with Crippen molar-refractivity contribution < 1.29 is 15.0 Å². The standard InChI is InChI=1S/C15H19N3O3S/c1-2-4-15(14(20)21)5-6-18(8-11(15)19)12-10-3-7-22-13(10)17-9-16-12/h3,7,9,11,19H,2,4-6,8H2,1H3,(H,20,21)/t11-,15+/m1/s1. The lowest BCUT2D eigenvalue weighted by Crippen LogP contribution is -2.55. The Hall–Kier alpha value is -1.73. The first-order chi connectivity index (χ1) is 10.6. The number of nitrogens with zero attached hydrogens (tertiary/aromatic N) is 3. The molecule has 0 radical (unpaired) electrons. The maximum Gasteiger partial charge on any atom is 0.312 e. The number of aliphatic hydroxyl groups excluding tert-OH is 1. The number of aliphatic hydroxyl groups is 1. The van der Waals surface area contributed by atoms with Crippen LogP contribution in [0.3, 0.4) is 0 Å². The molecule has 3 rings (SSSR count). The number of hydrogen-bond acceptors (Lipinski definition) is 6. The number of piperidine rings is 1. The monoisotopic (exact) mass is 321 g/mol. The molecule has 6 nitrogen and oxygen atoms in total. The third-order valence-electron chi connectivity index (χ3n) is 4.52. The van der Waals surface area contributed by atoms with Gasteiger partial charge in [-0.1, -0.05) is 13.3 Å². The highest BCUT2D eigenvalue weighted by Gasteiger charge is 2.48. The Bertz CT molecular complexity index is 689. The van der Waals surface area contributed by atoms with E-state index < -0.39 is 17.5 Å². The Morgan fingerprint density at radius 2 is 2.36 bits per heavy atom. The highest BCUT2D eigenvalue weighted by atomic mass is 32.1. The molecule has 0 unspecified atom stereocenters. The maximum absolute atomic E-state index is 11.7. The second-order valence-corrected chi connectivity index (χ2v) is 6.65. The van der Waals surface area contributed by atoms with Gasteiger partial charge in [0.1, 0.15) is 17.0 Å². The van der Waals surface area contributed by atoms with E-state index in [0.29, 0.717) is 19.4 Å². The van der Waals surface area contributed by atoms with Crippen LogP contribution < -0.4 is 4.90 Å². The first kappa shape index (κ1) is 15.2. The van der Waals surface area contributed by atoms with Crippen LogP contribution in [0, 0.1) is 5.41 Å². The minimum Gasteiger partial charge on any atom is -0.481 e. The van der Waals surface area contributed by atoms with Gasteiger partial charge in [0.2, 0.25) is 0 Å². The Kier molecular flexibility index (Phi) is 4.01. The lowest BCUT2D eigenvalue weighted by Gasteiger charge is -2.43. The molecule has 2 N–H and O–H groups in total. The fourth-order valence-electron chi connectivity index (χ4n) is 3.29. The van der Waals surface area contributed by atoms with Crippen LogP contribution in [0.15, 0.2) is 17.8 Å². The van der Waals surface area contributed by atoms with Crippen LogP contribution in [-0.2, 0) is 4.79 Å². The van der Waals surface area contributed by atoms with E-state index in [9.17, 15) is 15.0 Å². The first-order valence-corrected chi connectivity index (χ1v) is 8.31. The number of anilines is 1. The molecule has 0 spiro atoms. The van der Waals surface area contributed by atoms with Crippen molar-refractivity contribution in [1.29, 1.82) is 0 Å². The number of fused-ring (bicyclic) bond motifs is 1. The van der Waals surface area contributed by atoms with Gasteiger partial charge in [0, 0.05) is 13.1 Å². The van der Waals surface area contributed by atoms with E-state index in [2.05, 4.69) is 9.97 Å². The number of aliphatic carboxylic acids is 1. The van der Waals surface area contributed by atoms with Gasteiger partial charge in [-0.15, -0.1) is 11.3 Å². The van der Waals surface area contributed by atoms with E-state index in [-0.39, 0.29) is 6.54 Å². The van der Waals surface area contributed by atoms with Gasteiger partial charge in [-0.25, -0.2) is 9.97 Å².